The molecule has 14 rings (SSSR count). The fourth-order valence-corrected chi connectivity index (χ4v) is 12.1. The van der Waals surface area contributed by atoms with Crippen LogP contribution in [0.3, 0.4) is 0 Å². The molecule has 2 aromatic heterocycles. The first-order valence-corrected chi connectivity index (χ1v) is 27.3. The van der Waals surface area contributed by atoms with Crippen LogP contribution in [0.15, 0.2) is 158 Å². The van der Waals surface area contributed by atoms with Crippen LogP contribution in [0.1, 0.15) is 94.3 Å². The highest BCUT2D eigenvalue weighted by molar-refractivity contribution is 6.04. The summed E-state index contributed by atoms with van der Waals surface area (Å²) in [7, 11) is 0. The standard InChI is InChI=1S/C32H31FN4O2.C31H29FN4O2/c1-32(18-20-7-8-20)29(35-30(38)22-9-10-22)28(21-5-3-2-4-6-21)36(31(32)39)26-15-16-27-23(17-26)19-34-37(27)25-13-11-24(33)12-14-25;32-23-10-12-24(13-11-23)36-27-15-14-25(17-22(27)18-33-36)35-29(20-4-2-1-3-5-20)28(34-30(37)21-8-9-21)26(31(35)38)16-19-6-7-19/h2-6,11-17,19-20,22,28-29H,7-10,18H2,1H3,(H,35,38);1-5,10-15,17-19,21,26,28-29H,6-9,16H2,(H,34,37)/t28-,29-,32+;26-,28-,29+/m10/s1. The molecule has 390 valence electrons. The molecule has 4 saturated carbocycles. The number of fused-ring (bicyclic) bond motifs is 2. The molecule has 0 unspecified atom stereocenters. The van der Waals surface area contributed by atoms with E-state index in [4.69, 9.17) is 0 Å². The molecule has 2 N–H and O–H groups in total. The topological polar surface area (TPSA) is 134 Å². The van der Waals surface area contributed by atoms with Crippen molar-refractivity contribution in [1.82, 2.24) is 30.2 Å². The Hall–Kier alpha value is -8.00. The van der Waals surface area contributed by atoms with Gasteiger partial charge < -0.3 is 20.4 Å². The molecule has 6 aromatic carbocycles. The van der Waals surface area contributed by atoms with Crippen molar-refractivity contribution in [3.8, 4) is 11.4 Å². The number of carbonyl (C=O) groups excluding carboxylic acids is 4. The first-order valence-electron chi connectivity index (χ1n) is 27.3. The molecule has 2 saturated heterocycles. The fraction of sp³-hybridized carbons (Fsp3) is 0.333. The molecule has 77 heavy (non-hydrogen) atoms. The van der Waals surface area contributed by atoms with Crippen LogP contribution in [0.4, 0.5) is 20.2 Å². The van der Waals surface area contributed by atoms with E-state index in [9.17, 15) is 28.0 Å². The first kappa shape index (κ1) is 48.6. The molecule has 0 spiro atoms. The Balaban J connectivity index is 0.000000147. The monoisotopic (exact) mass is 1030 g/mol. The molecule has 2 aliphatic heterocycles. The van der Waals surface area contributed by atoms with Gasteiger partial charge in [-0.3, -0.25) is 19.2 Å². The molecule has 6 fully saturated rings. The van der Waals surface area contributed by atoms with E-state index in [2.05, 4.69) is 33.0 Å². The molecule has 12 nitrogen and oxygen atoms in total. The van der Waals surface area contributed by atoms with Crippen molar-refractivity contribution in [2.75, 3.05) is 9.80 Å². The van der Waals surface area contributed by atoms with Crippen LogP contribution >= 0.6 is 0 Å². The van der Waals surface area contributed by atoms with E-state index in [0.717, 1.165) is 120 Å². The van der Waals surface area contributed by atoms with Crippen molar-refractivity contribution in [2.24, 2.45) is 35.0 Å². The predicted molar refractivity (Wildman–Crippen MR) is 291 cm³/mol. The maximum atomic E-state index is 14.5. The minimum Gasteiger partial charge on any atom is -0.350 e. The van der Waals surface area contributed by atoms with Crippen LogP contribution in [0.5, 0.6) is 0 Å². The van der Waals surface area contributed by atoms with Gasteiger partial charge >= 0.3 is 0 Å². The Kier molecular flexibility index (Phi) is 12.3. The minimum absolute atomic E-state index is 0.0506. The van der Waals surface area contributed by atoms with Crippen LogP contribution in [-0.2, 0) is 19.2 Å². The molecule has 6 atom stereocenters. The predicted octanol–water partition coefficient (Wildman–Crippen LogP) is 11.5. The van der Waals surface area contributed by atoms with Gasteiger partial charge in [0.1, 0.15) is 11.6 Å². The summed E-state index contributed by atoms with van der Waals surface area (Å²) in [5.41, 5.74) is 6.16. The lowest BCUT2D eigenvalue weighted by molar-refractivity contribution is -0.128. The van der Waals surface area contributed by atoms with Gasteiger partial charge in [0.2, 0.25) is 23.6 Å². The normalized spacial score (nSPS) is 24.1. The highest BCUT2D eigenvalue weighted by Crippen LogP contribution is 2.54. The van der Waals surface area contributed by atoms with Gasteiger partial charge in [0.05, 0.1) is 70.3 Å². The van der Waals surface area contributed by atoms with E-state index < -0.39 is 5.41 Å². The maximum Gasteiger partial charge on any atom is 0.235 e. The molecule has 14 heteroatoms. The third-order valence-corrected chi connectivity index (χ3v) is 16.9. The second kappa shape index (κ2) is 19.5. The largest absolute Gasteiger partial charge is 0.350 e. The number of hydrogen-bond donors (Lipinski definition) is 2. The van der Waals surface area contributed by atoms with E-state index >= 15 is 0 Å². The number of nitrogens with one attached hydrogen (secondary N) is 2. The van der Waals surface area contributed by atoms with Gasteiger partial charge in [-0.25, -0.2) is 18.1 Å². The van der Waals surface area contributed by atoms with Crippen molar-refractivity contribution in [3.05, 3.63) is 181 Å². The molecule has 0 bridgehead atoms. The van der Waals surface area contributed by atoms with E-state index in [1.807, 2.05) is 102 Å². The summed E-state index contributed by atoms with van der Waals surface area (Å²) in [5.74, 6) is 0.612. The summed E-state index contributed by atoms with van der Waals surface area (Å²) < 4.78 is 30.5. The summed E-state index contributed by atoms with van der Waals surface area (Å²) in [5, 5.41) is 17.5. The Morgan fingerprint density at radius 3 is 1.52 bits per heavy atom. The van der Waals surface area contributed by atoms with Crippen molar-refractivity contribution < 1.29 is 28.0 Å². The molecule has 0 radical (unpaired) electrons. The van der Waals surface area contributed by atoms with Gasteiger partial charge in [0, 0.05) is 34.0 Å². The zero-order valence-corrected chi connectivity index (χ0v) is 42.9. The average Bonchev–Trinajstić information content (AvgIpc) is 4.27. The third kappa shape index (κ3) is 9.45. The number of benzene rings is 6. The van der Waals surface area contributed by atoms with Gasteiger partial charge in [-0.05, 0) is 153 Å². The van der Waals surface area contributed by atoms with Crippen molar-refractivity contribution in [2.45, 2.75) is 95.3 Å². The highest BCUT2D eigenvalue weighted by atomic mass is 19.1. The van der Waals surface area contributed by atoms with Crippen LogP contribution < -0.4 is 20.4 Å². The van der Waals surface area contributed by atoms with Crippen LogP contribution in [0.25, 0.3) is 33.2 Å². The number of rotatable bonds is 14. The smallest absolute Gasteiger partial charge is 0.235 e. The van der Waals surface area contributed by atoms with Gasteiger partial charge in [-0.2, -0.15) is 10.2 Å². The summed E-state index contributed by atoms with van der Waals surface area (Å²) >= 11 is 0. The SMILES string of the molecule is C[C@@]1(CC2CC2)C(=O)N(c2ccc3c(cnn3-c3ccc(F)cc3)c2)[C@H](c2ccccc2)[C@H]1NC(=O)C1CC1.O=C(N[C@H]1[C@H](CC2CC2)C(=O)N(c2ccc3c(cnn3-c3ccc(F)cc3)c2)[C@@H]1c1ccccc1)C1CC1. The molecule has 6 aliphatic rings. The zero-order valence-electron chi connectivity index (χ0n) is 42.9. The number of hydrogen-bond acceptors (Lipinski definition) is 6. The summed E-state index contributed by atoms with van der Waals surface area (Å²) in [6.45, 7) is 2.05. The molecule has 4 amide bonds. The Labute approximate surface area is 445 Å². The first-order chi connectivity index (χ1) is 37.5. The van der Waals surface area contributed by atoms with Crippen LogP contribution in [0.2, 0.25) is 0 Å². The Morgan fingerprint density at radius 2 is 1.03 bits per heavy atom. The number of halogens is 2. The van der Waals surface area contributed by atoms with Gasteiger partial charge in [-0.1, -0.05) is 86.3 Å². The summed E-state index contributed by atoms with van der Waals surface area (Å²) in [6, 6.07) is 43.2. The summed E-state index contributed by atoms with van der Waals surface area (Å²) in [6.07, 6.45) is 13.4. The fourth-order valence-electron chi connectivity index (χ4n) is 12.1. The number of aromatic nitrogens is 4. The lowest BCUT2D eigenvalue weighted by atomic mass is 9.76. The molecule has 4 aliphatic carbocycles. The average molecular weight is 1030 g/mol. The van der Waals surface area contributed by atoms with Gasteiger partial charge in [-0.15, -0.1) is 0 Å². The van der Waals surface area contributed by atoms with Gasteiger partial charge in [0.15, 0.2) is 0 Å². The van der Waals surface area contributed by atoms with E-state index in [1.165, 1.54) is 24.3 Å². The van der Waals surface area contributed by atoms with E-state index in [1.54, 1.807) is 46.0 Å². The summed E-state index contributed by atoms with van der Waals surface area (Å²) in [4.78, 5) is 58.5. The zero-order chi connectivity index (χ0) is 52.5. The lowest BCUT2D eigenvalue weighted by Gasteiger charge is -2.32. The molecular weight excluding hydrogens is 971 g/mol. The Morgan fingerprint density at radius 1 is 0.558 bits per heavy atom. The van der Waals surface area contributed by atoms with Crippen LogP contribution in [-0.4, -0.2) is 55.3 Å². The quantitative estimate of drug-likeness (QED) is 0.111. The van der Waals surface area contributed by atoms with Crippen LogP contribution in [0, 0.1) is 46.6 Å². The highest BCUT2D eigenvalue weighted by Gasteiger charge is 2.59. The lowest BCUT2D eigenvalue weighted by Crippen LogP contribution is -2.48. The molecule has 4 heterocycles. The Bertz CT molecular complexity index is 3530. The second-order valence-electron chi connectivity index (χ2n) is 22.6. The number of nitrogens with zero attached hydrogens (tertiary/aromatic N) is 6. The number of carbonyl (C=O) groups is 4. The van der Waals surface area contributed by atoms with Crippen molar-refractivity contribution in [3.63, 3.8) is 0 Å². The molecular formula is C63H60F2N8O4. The van der Waals surface area contributed by atoms with Gasteiger partial charge in [0.25, 0.3) is 0 Å². The number of anilines is 2. The third-order valence-electron chi connectivity index (χ3n) is 16.9. The van der Waals surface area contributed by atoms with E-state index in [0.29, 0.717) is 11.8 Å². The minimum atomic E-state index is -0.709. The van der Waals surface area contributed by atoms with E-state index in [-0.39, 0.29) is 77.2 Å². The maximum absolute atomic E-state index is 14.5. The molecule has 8 aromatic rings. The van der Waals surface area contributed by atoms with Crippen molar-refractivity contribution >= 4 is 56.8 Å². The second-order valence-corrected chi connectivity index (χ2v) is 22.6. The van der Waals surface area contributed by atoms with Crippen molar-refractivity contribution in [1.29, 1.82) is 0 Å². The number of amides is 4.